The number of furan rings is 1. The Morgan fingerprint density at radius 3 is 2.25 bits per heavy atom. The highest BCUT2D eigenvalue weighted by Crippen LogP contribution is 2.24. The zero-order chi connectivity index (χ0) is 17.4. The average Bonchev–Trinajstić information content (AvgIpc) is 2.87. The zero-order valence-electron chi connectivity index (χ0n) is 13.5. The van der Waals surface area contributed by atoms with Gasteiger partial charge < -0.3 is 4.42 Å². The maximum absolute atomic E-state index is 12.7. The normalized spacial score (nSPS) is 16.7. The van der Waals surface area contributed by atoms with Crippen molar-refractivity contribution >= 4 is 29.6 Å². The van der Waals surface area contributed by atoms with Crippen molar-refractivity contribution in [2.24, 2.45) is 0 Å². The van der Waals surface area contributed by atoms with Crippen molar-refractivity contribution in [2.75, 3.05) is 4.90 Å². The molecule has 24 heavy (non-hydrogen) atoms. The second-order valence-corrected chi connectivity index (χ2v) is 5.75. The summed E-state index contributed by atoms with van der Waals surface area (Å²) in [5, 5.41) is 2.19. The molecule has 0 saturated carbocycles. The van der Waals surface area contributed by atoms with Crippen LogP contribution in [0.15, 0.2) is 40.3 Å². The molecule has 1 aromatic heterocycles. The van der Waals surface area contributed by atoms with E-state index in [1.807, 2.05) is 19.9 Å². The molecule has 0 aliphatic carbocycles. The van der Waals surface area contributed by atoms with E-state index < -0.39 is 17.8 Å². The van der Waals surface area contributed by atoms with E-state index in [2.05, 4.69) is 5.32 Å². The van der Waals surface area contributed by atoms with Crippen LogP contribution < -0.4 is 10.2 Å². The highest BCUT2D eigenvalue weighted by Gasteiger charge is 2.37. The molecule has 0 radical (unpaired) electrons. The lowest BCUT2D eigenvalue weighted by molar-refractivity contribution is -0.122. The summed E-state index contributed by atoms with van der Waals surface area (Å²) in [6.07, 6.45) is 1.34. The monoisotopic (exact) mass is 324 g/mol. The van der Waals surface area contributed by atoms with Gasteiger partial charge in [-0.2, -0.15) is 0 Å². The van der Waals surface area contributed by atoms with E-state index in [0.717, 1.165) is 16.0 Å². The minimum Gasteiger partial charge on any atom is -0.462 e. The number of aryl methyl sites for hydroxylation is 3. The Hall–Kier alpha value is -3.15. The topological polar surface area (TPSA) is 79.6 Å². The highest BCUT2D eigenvalue weighted by atomic mass is 16.3. The van der Waals surface area contributed by atoms with Crippen LogP contribution in [0.5, 0.6) is 0 Å². The number of amides is 4. The number of hydrogen-bond donors (Lipinski definition) is 1. The number of rotatable bonds is 2. The van der Waals surface area contributed by atoms with Crippen molar-refractivity contribution < 1.29 is 18.8 Å². The number of benzene rings is 1. The summed E-state index contributed by atoms with van der Waals surface area (Å²) in [6.45, 7) is 5.50. The van der Waals surface area contributed by atoms with Crippen molar-refractivity contribution in [3.8, 4) is 0 Å². The number of carbonyl (C=O) groups excluding carboxylic acids is 3. The Labute approximate surface area is 138 Å². The maximum Gasteiger partial charge on any atom is 0.335 e. The second kappa shape index (κ2) is 5.81. The van der Waals surface area contributed by atoms with Gasteiger partial charge in [-0.15, -0.1) is 0 Å². The minimum atomic E-state index is -0.761. The van der Waals surface area contributed by atoms with E-state index in [4.69, 9.17) is 4.42 Å². The van der Waals surface area contributed by atoms with Gasteiger partial charge in [-0.1, -0.05) is 6.07 Å². The van der Waals surface area contributed by atoms with Crippen LogP contribution in [0.1, 0.15) is 22.6 Å². The Bertz CT molecular complexity index is 872. The smallest absolute Gasteiger partial charge is 0.335 e. The maximum atomic E-state index is 12.7. The van der Waals surface area contributed by atoms with E-state index >= 15 is 0 Å². The molecule has 6 nitrogen and oxygen atoms in total. The van der Waals surface area contributed by atoms with E-state index in [1.165, 1.54) is 6.08 Å². The van der Waals surface area contributed by atoms with E-state index in [1.54, 1.807) is 31.2 Å². The molecule has 4 amide bonds. The predicted octanol–water partition coefficient (Wildman–Crippen LogP) is 2.87. The number of nitrogens with zero attached hydrogens (tertiary/aromatic N) is 1. The van der Waals surface area contributed by atoms with Crippen LogP contribution in [-0.4, -0.2) is 17.8 Å². The number of hydrogen-bond acceptors (Lipinski definition) is 4. The quantitative estimate of drug-likeness (QED) is 0.680. The molecule has 0 bridgehead atoms. The van der Waals surface area contributed by atoms with Crippen LogP contribution in [-0.2, 0) is 9.59 Å². The van der Waals surface area contributed by atoms with Crippen LogP contribution in [0.3, 0.4) is 0 Å². The Morgan fingerprint density at radius 1 is 1.00 bits per heavy atom. The standard InChI is InChI=1S/C18H16N2O4/c1-10-6-11(2)8-13(7-10)20-17(22)15(16(21)19-18(20)23)9-14-5-4-12(3)24-14/h4-9H,1-3H3,(H,19,21,23)/b15-9+. The summed E-state index contributed by atoms with van der Waals surface area (Å²) in [4.78, 5) is 37.9. The first-order chi connectivity index (χ1) is 11.3. The fourth-order valence-electron chi connectivity index (χ4n) is 2.64. The molecule has 1 aliphatic rings. The van der Waals surface area contributed by atoms with Gasteiger partial charge in [0.15, 0.2) is 0 Å². The molecule has 0 spiro atoms. The van der Waals surface area contributed by atoms with Crippen molar-refractivity contribution in [1.29, 1.82) is 0 Å². The second-order valence-electron chi connectivity index (χ2n) is 5.75. The summed E-state index contributed by atoms with van der Waals surface area (Å²) in [5.41, 5.74) is 2.09. The zero-order valence-corrected chi connectivity index (χ0v) is 13.5. The molecular formula is C18H16N2O4. The van der Waals surface area contributed by atoms with Gasteiger partial charge >= 0.3 is 6.03 Å². The Kier molecular flexibility index (Phi) is 3.81. The summed E-state index contributed by atoms with van der Waals surface area (Å²) in [6, 6.07) is 7.99. The van der Waals surface area contributed by atoms with Gasteiger partial charge in [0.1, 0.15) is 17.1 Å². The third-order valence-corrected chi connectivity index (χ3v) is 3.61. The number of imide groups is 2. The summed E-state index contributed by atoms with van der Waals surface area (Å²) in [7, 11) is 0. The summed E-state index contributed by atoms with van der Waals surface area (Å²) < 4.78 is 5.38. The number of urea groups is 1. The van der Waals surface area contributed by atoms with Gasteiger partial charge in [0.25, 0.3) is 11.8 Å². The lowest BCUT2D eigenvalue weighted by Gasteiger charge is -2.26. The molecule has 3 rings (SSSR count). The van der Waals surface area contributed by atoms with Crippen molar-refractivity contribution in [1.82, 2.24) is 5.32 Å². The molecule has 1 aliphatic heterocycles. The first kappa shape index (κ1) is 15.7. The first-order valence-corrected chi connectivity index (χ1v) is 7.41. The van der Waals surface area contributed by atoms with Gasteiger partial charge in [-0.25, -0.2) is 9.69 Å². The van der Waals surface area contributed by atoms with Crippen molar-refractivity contribution in [3.63, 3.8) is 0 Å². The predicted molar refractivity (Wildman–Crippen MR) is 88.4 cm³/mol. The molecule has 1 aromatic carbocycles. The lowest BCUT2D eigenvalue weighted by Crippen LogP contribution is -2.54. The number of anilines is 1. The molecule has 2 heterocycles. The third kappa shape index (κ3) is 2.86. The van der Waals surface area contributed by atoms with Gasteiger partial charge in [-0.3, -0.25) is 14.9 Å². The molecule has 6 heteroatoms. The first-order valence-electron chi connectivity index (χ1n) is 7.41. The fraction of sp³-hybridized carbons (Fsp3) is 0.167. The highest BCUT2D eigenvalue weighted by molar-refractivity contribution is 6.39. The number of carbonyl (C=O) groups is 3. The van der Waals surface area contributed by atoms with Crippen LogP contribution in [0.2, 0.25) is 0 Å². The van der Waals surface area contributed by atoms with Crippen molar-refractivity contribution in [2.45, 2.75) is 20.8 Å². The molecule has 2 aromatic rings. The number of barbiturate groups is 1. The molecule has 0 unspecified atom stereocenters. The lowest BCUT2D eigenvalue weighted by atomic mass is 10.1. The molecule has 122 valence electrons. The van der Waals surface area contributed by atoms with E-state index in [0.29, 0.717) is 17.2 Å². The molecule has 1 saturated heterocycles. The van der Waals surface area contributed by atoms with Gasteiger partial charge in [0, 0.05) is 0 Å². The molecular weight excluding hydrogens is 308 g/mol. The Morgan fingerprint density at radius 2 is 1.67 bits per heavy atom. The number of nitrogens with one attached hydrogen (secondary N) is 1. The average molecular weight is 324 g/mol. The molecule has 1 N–H and O–H groups in total. The van der Waals surface area contributed by atoms with E-state index in [-0.39, 0.29) is 5.57 Å². The summed E-state index contributed by atoms with van der Waals surface area (Å²) in [5.74, 6) is -0.379. The van der Waals surface area contributed by atoms with Crippen LogP contribution in [0.4, 0.5) is 10.5 Å². The van der Waals surface area contributed by atoms with Gasteiger partial charge in [0.2, 0.25) is 0 Å². The SMILES string of the molecule is Cc1cc(C)cc(N2C(=O)NC(=O)/C(=C\c3ccc(C)o3)C2=O)c1. The molecule has 0 atom stereocenters. The third-order valence-electron chi connectivity index (χ3n) is 3.61. The summed E-state index contributed by atoms with van der Waals surface area (Å²) >= 11 is 0. The van der Waals surface area contributed by atoms with Crippen LogP contribution >= 0.6 is 0 Å². The van der Waals surface area contributed by atoms with Gasteiger partial charge in [-0.05, 0) is 62.2 Å². The van der Waals surface area contributed by atoms with Crippen LogP contribution in [0, 0.1) is 20.8 Å². The van der Waals surface area contributed by atoms with E-state index in [9.17, 15) is 14.4 Å². The van der Waals surface area contributed by atoms with Crippen LogP contribution in [0.25, 0.3) is 6.08 Å². The largest absolute Gasteiger partial charge is 0.462 e. The minimum absolute atomic E-state index is 0.150. The van der Waals surface area contributed by atoms with Gasteiger partial charge in [0.05, 0.1) is 5.69 Å². The molecule has 1 fully saturated rings. The Balaban J connectivity index is 2.04. The van der Waals surface area contributed by atoms with Crippen molar-refractivity contribution in [3.05, 3.63) is 58.6 Å². The fourth-order valence-corrected chi connectivity index (χ4v) is 2.64.